The zero-order chi connectivity index (χ0) is 22.1. The molecule has 3 N–H and O–H groups in total. The van der Waals surface area contributed by atoms with Crippen molar-refractivity contribution in [1.29, 1.82) is 0 Å². The fourth-order valence-electron chi connectivity index (χ4n) is 3.94. The number of amides is 1. The SMILES string of the molecule is COc1cc(Oc2ccccc2)ccc1-c1nn2c(c1C(N)=O)Nc1ccccc1CC2. The van der Waals surface area contributed by atoms with Crippen LogP contribution < -0.4 is 20.5 Å². The van der Waals surface area contributed by atoms with Gasteiger partial charge < -0.3 is 20.5 Å². The third-order valence-corrected chi connectivity index (χ3v) is 5.47. The van der Waals surface area contributed by atoms with E-state index >= 15 is 0 Å². The van der Waals surface area contributed by atoms with Gasteiger partial charge in [0.2, 0.25) is 0 Å². The third kappa shape index (κ3) is 3.54. The molecule has 1 aliphatic heterocycles. The summed E-state index contributed by atoms with van der Waals surface area (Å²) in [5, 5.41) is 8.10. The van der Waals surface area contributed by atoms with E-state index in [9.17, 15) is 4.79 Å². The number of nitrogens with zero attached hydrogens (tertiary/aromatic N) is 2. The molecule has 0 radical (unpaired) electrons. The van der Waals surface area contributed by atoms with E-state index in [1.807, 2.05) is 60.7 Å². The van der Waals surface area contributed by atoms with E-state index in [1.54, 1.807) is 17.9 Å². The van der Waals surface area contributed by atoms with E-state index in [1.165, 1.54) is 0 Å². The Labute approximate surface area is 185 Å². The van der Waals surface area contributed by atoms with Crippen molar-refractivity contribution in [2.45, 2.75) is 13.0 Å². The van der Waals surface area contributed by atoms with Crippen LogP contribution in [0.4, 0.5) is 11.5 Å². The summed E-state index contributed by atoms with van der Waals surface area (Å²) in [6.45, 7) is 0.622. The zero-order valence-corrected chi connectivity index (χ0v) is 17.5. The van der Waals surface area contributed by atoms with Crippen molar-refractivity contribution in [3.8, 4) is 28.5 Å². The molecule has 3 aromatic carbocycles. The Hall–Kier alpha value is -4.26. The normalized spacial score (nSPS) is 12.2. The van der Waals surface area contributed by atoms with Crippen LogP contribution in [0.5, 0.6) is 17.2 Å². The molecule has 160 valence electrons. The van der Waals surface area contributed by atoms with Crippen LogP contribution in [-0.4, -0.2) is 22.8 Å². The number of fused-ring (bicyclic) bond motifs is 2. The molecule has 5 rings (SSSR count). The van der Waals surface area contributed by atoms with Gasteiger partial charge in [-0.05, 0) is 42.3 Å². The van der Waals surface area contributed by atoms with Crippen LogP contribution in [0.1, 0.15) is 15.9 Å². The number of aryl methyl sites for hydroxylation is 2. The van der Waals surface area contributed by atoms with Crippen LogP contribution in [0.25, 0.3) is 11.3 Å². The maximum atomic E-state index is 12.5. The Balaban J connectivity index is 1.57. The standard InChI is InChI=1S/C25H22N4O3/c1-31-21-15-18(32-17-8-3-2-4-9-17)11-12-19(21)23-22(24(26)30)25-27-20-10-6-5-7-16(20)13-14-29(25)28-23/h2-12,15,27H,13-14H2,1H3,(H2,26,30). The average molecular weight is 426 g/mol. The molecule has 32 heavy (non-hydrogen) atoms. The molecule has 0 saturated carbocycles. The summed E-state index contributed by atoms with van der Waals surface area (Å²) in [5.74, 6) is 1.90. The van der Waals surface area contributed by atoms with Crippen molar-refractivity contribution in [3.05, 3.63) is 83.9 Å². The molecule has 0 fully saturated rings. The quantitative estimate of drug-likeness (QED) is 0.481. The van der Waals surface area contributed by atoms with Gasteiger partial charge in [-0.1, -0.05) is 36.4 Å². The largest absolute Gasteiger partial charge is 0.496 e. The Bertz CT molecular complexity index is 1300. The number of para-hydroxylation sites is 2. The Morgan fingerprint density at radius 1 is 1.03 bits per heavy atom. The molecule has 1 aromatic heterocycles. The molecule has 7 nitrogen and oxygen atoms in total. The minimum Gasteiger partial charge on any atom is -0.496 e. The van der Waals surface area contributed by atoms with E-state index in [-0.39, 0.29) is 0 Å². The topological polar surface area (TPSA) is 91.4 Å². The van der Waals surface area contributed by atoms with Gasteiger partial charge in [0.05, 0.1) is 7.11 Å². The lowest BCUT2D eigenvalue weighted by atomic mass is 10.1. The summed E-state index contributed by atoms with van der Waals surface area (Å²) in [6.07, 6.45) is 0.788. The zero-order valence-electron chi connectivity index (χ0n) is 17.5. The van der Waals surface area contributed by atoms with E-state index in [4.69, 9.17) is 20.3 Å². The summed E-state index contributed by atoms with van der Waals surface area (Å²) in [6, 6.07) is 22.9. The molecule has 0 spiro atoms. The van der Waals surface area contributed by atoms with Crippen LogP contribution in [0.2, 0.25) is 0 Å². The first-order chi connectivity index (χ1) is 15.6. The highest BCUT2D eigenvalue weighted by molar-refractivity contribution is 6.05. The summed E-state index contributed by atoms with van der Waals surface area (Å²) in [4.78, 5) is 12.5. The minimum absolute atomic E-state index is 0.330. The van der Waals surface area contributed by atoms with E-state index in [0.717, 1.165) is 23.4 Å². The second kappa shape index (κ2) is 8.11. The maximum absolute atomic E-state index is 12.5. The summed E-state index contributed by atoms with van der Waals surface area (Å²) < 4.78 is 13.3. The third-order valence-electron chi connectivity index (χ3n) is 5.47. The highest BCUT2D eigenvalue weighted by atomic mass is 16.5. The molecule has 2 heterocycles. The van der Waals surface area contributed by atoms with E-state index < -0.39 is 5.91 Å². The molecule has 0 atom stereocenters. The second-order valence-electron chi connectivity index (χ2n) is 7.47. The van der Waals surface area contributed by atoms with E-state index in [0.29, 0.717) is 40.7 Å². The van der Waals surface area contributed by atoms with Gasteiger partial charge in [-0.25, -0.2) is 4.68 Å². The average Bonchev–Trinajstić information content (AvgIpc) is 3.07. The predicted octanol–water partition coefficient (Wildman–Crippen LogP) is 4.75. The van der Waals surface area contributed by atoms with Gasteiger partial charge >= 0.3 is 0 Å². The Kier molecular flexibility index (Phi) is 4.99. The number of nitrogens with two attached hydrogens (primary N) is 1. The number of methoxy groups -OCH3 is 1. The number of anilines is 2. The molecule has 0 unspecified atom stereocenters. The molecule has 0 bridgehead atoms. The molecule has 1 aliphatic rings. The van der Waals surface area contributed by atoms with Gasteiger partial charge in [0, 0.05) is 23.9 Å². The van der Waals surface area contributed by atoms with Crippen LogP contribution in [-0.2, 0) is 13.0 Å². The number of hydrogen-bond acceptors (Lipinski definition) is 5. The van der Waals surface area contributed by atoms with Crippen molar-refractivity contribution in [2.75, 3.05) is 12.4 Å². The summed E-state index contributed by atoms with van der Waals surface area (Å²) in [5.41, 5.74) is 9.39. The Morgan fingerprint density at radius 3 is 2.59 bits per heavy atom. The van der Waals surface area contributed by atoms with Gasteiger partial charge in [0.25, 0.3) is 5.91 Å². The van der Waals surface area contributed by atoms with Gasteiger partial charge in [-0.2, -0.15) is 5.10 Å². The lowest BCUT2D eigenvalue weighted by Gasteiger charge is -2.12. The molecule has 1 amide bonds. The molecular formula is C25H22N4O3. The molecule has 7 heteroatoms. The summed E-state index contributed by atoms with van der Waals surface area (Å²) >= 11 is 0. The lowest BCUT2D eigenvalue weighted by Crippen LogP contribution is -2.14. The number of aromatic nitrogens is 2. The lowest BCUT2D eigenvalue weighted by molar-refractivity contribution is 0.100. The van der Waals surface area contributed by atoms with Crippen molar-refractivity contribution < 1.29 is 14.3 Å². The number of carbonyl (C=O) groups is 1. The van der Waals surface area contributed by atoms with Gasteiger partial charge in [-0.15, -0.1) is 0 Å². The van der Waals surface area contributed by atoms with Crippen molar-refractivity contribution in [3.63, 3.8) is 0 Å². The van der Waals surface area contributed by atoms with Crippen molar-refractivity contribution in [1.82, 2.24) is 9.78 Å². The van der Waals surface area contributed by atoms with Crippen molar-refractivity contribution in [2.24, 2.45) is 5.73 Å². The fraction of sp³-hybridized carbons (Fsp3) is 0.120. The second-order valence-corrected chi connectivity index (χ2v) is 7.47. The van der Waals surface area contributed by atoms with Crippen LogP contribution in [0, 0.1) is 0 Å². The monoisotopic (exact) mass is 426 g/mol. The molecule has 0 saturated heterocycles. The van der Waals surface area contributed by atoms with Crippen molar-refractivity contribution >= 4 is 17.4 Å². The first-order valence-electron chi connectivity index (χ1n) is 10.3. The number of hydrogen-bond donors (Lipinski definition) is 2. The number of benzene rings is 3. The number of primary amides is 1. The van der Waals surface area contributed by atoms with Crippen LogP contribution in [0.3, 0.4) is 0 Å². The number of carbonyl (C=O) groups excluding carboxylic acids is 1. The number of nitrogens with one attached hydrogen (secondary N) is 1. The van der Waals surface area contributed by atoms with E-state index in [2.05, 4.69) is 11.4 Å². The number of ether oxygens (including phenoxy) is 2. The smallest absolute Gasteiger partial charge is 0.254 e. The maximum Gasteiger partial charge on any atom is 0.254 e. The fourth-order valence-corrected chi connectivity index (χ4v) is 3.94. The molecule has 4 aromatic rings. The minimum atomic E-state index is -0.556. The highest BCUT2D eigenvalue weighted by Crippen LogP contribution is 2.39. The highest BCUT2D eigenvalue weighted by Gasteiger charge is 2.27. The number of rotatable bonds is 5. The van der Waals surface area contributed by atoms with Gasteiger partial charge in [0.1, 0.15) is 34.3 Å². The predicted molar refractivity (Wildman–Crippen MR) is 123 cm³/mol. The molecule has 0 aliphatic carbocycles. The van der Waals surface area contributed by atoms with Crippen LogP contribution in [0.15, 0.2) is 72.8 Å². The van der Waals surface area contributed by atoms with Crippen LogP contribution >= 0.6 is 0 Å². The first-order valence-corrected chi connectivity index (χ1v) is 10.3. The Morgan fingerprint density at radius 2 is 1.81 bits per heavy atom. The summed E-state index contributed by atoms with van der Waals surface area (Å²) in [7, 11) is 1.57. The molecular weight excluding hydrogens is 404 g/mol. The first kappa shape index (κ1) is 19.7. The van der Waals surface area contributed by atoms with Gasteiger partial charge in [-0.3, -0.25) is 4.79 Å². The van der Waals surface area contributed by atoms with Gasteiger partial charge in [0.15, 0.2) is 0 Å².